The predicted octanol–water partition coefficient (Wildman–Crippen LogP) is 1.13. The summed E-state index contributed by atoms with van der Waals surface area (Å²) in [5.41, 5.74) is 0.455. The van der Waals surface area contributed by atoms with Gasteiger partial charge in [0.25, 0.3) is 5.91 Å². The van der Waals surface area contributed by atoms with Gasteiger partial charge < -0.3 is 14.7 Å². The first-order chi connectivity index (χ1) is 10.1. The van der Waals surface area contributed by atoms with E-state index in [2.05, 4.69) is 0 Å². The Morgan fingerprint density at radius 1 is 1.24 bits per heavy atom. The van der Waals surface area contributed by atoms with Crippen LogP contribution in [0, 0.1) is 0 Å². The minimum absolute atomic E-state index is 0.00134. The summed E-state index contributed by atoms with van der Waals surface area (Å²) in [7, 11) is 0. The molecule has 2 amide bonds. The Bertz CT molecular complexity index is 567. The van der Waals surface area contributed by atoms with E-state index in [9.17, 15) is 14.7 Å². The van der Waals surface area contributed by atoms with Crippen LogP contribution in [0.15, 0.2) is 18.2 Å². The Balaban J connectivity index is 1.79. The van der Waals surface area contributed by atoms with Gasteiger partial charge in [-0.3, -0.25) is 14.5 Å². The van der Waals surface area contributed by atoms with Crippen LogP contribution < -0.4 is 9.64 Å². The van der Waals surface area contributed by atoms with Gasteiger partial charge in [0, 0.05) is 19.2 Å². The molecule has 2 aliphatic heterocycles. The number of hydrogen-bond donors (Lipinski definition) is 1. The summed E-state index contributed by atoms with van der Waals surface area (Å²) in [5, 5.41) is 9.59. The summed E-state index contributed by atoms with van der Waals surface area (Å²) in [4.78, 5) is 27.6. The number of amides is 2. The summed E-state index contributed by atoms with van der Waals surface area (Å²) >= 11 is 0. The molecule has 0 bridgehead atoms. The summed E-state index contributed by atoms with van der Waals surface area (Å²) in [6.45, 7) is 1.43. The maximum absolute atomic E-state index is 12.3. The molecule has 0 radical (unpaired) electrons. The van der Waals surface area contributed by atoms with E-state index in [1.807, 2.05) is 0 Å². The number of carbonyl (C=O) groups excluding carboxylic acids is 2. The van der Waals surface area contributed by atoms with Gasteiger partial charge in [0.05, 0.1) is 5.69 Å². The van der Waals surface area contributed by atoms with E-state index in [4.69, 9.17) is 4.74 Å². The van der Waals surface area contributed by atoms with Crippen molar-refractivity contribution < 1.29 is 19.4 Å². The van der Waals surface area contributed by atoms with Crippen molar-refractivity contribution in [1.29, 1.82) is 0 Å². The highest BCUT2D eigenvalue weighted by atomic mass is 16.5. The molecule has 0 spiro atoms. The van der Waals surface area contributed by atoms with E-state index in [1.165, 1.54) is 17.0 Å². The van der Waals surface area contributed by atoms with Crippen molar-refractivity contribution in [2.45, 2.75) is 19.3 Å². The number of aromatic hydroxyl groups is 1. The van der Waals surface area contributed by atoms with Crippen molar-refractivity contribution in [2.24, 2.45) is 0 Å². The largest absolute Gasteiger partial charge is 0.508 e. The van der Waals surface area contributed by atoms with Crippen molar-refractivity contribution >= 4 is 17.5 Å². The maximum Gasteiger partial charge on any atom is 0.265 e. The number of nitrogens with zero attached hydrogens (tertiary/aromatic N) is 2. The Morgan fingerprint density at radius 2 is 2.00 bits per heavy atom. The van der Waals surface area contributed by atoms with E-state index >= 15 is 0 Å². The smallest absolute Gasteiger partial charge is 0.265 e. The van der Waals surface area contributed by atoms with Crippen LogP contribution in [0.2, 0.25) is 0 Å². The Labute approximate surface area is 122 Å². The number of hydrogen-bond acceptors (Lipinski definition) is 4. The number of fused-ring (bicyclic) bond motifs is 1. The monoisotopic (exact) mass is 290 g/mol. The summed E-state index contributed by atoms with van der Waals surface area (Å²) in [6.07, 6.45) is 3.18. The van der Waals surface area contributed by atoms with Crippen LogP contribution in [0.5, 0.6) is 11.5 Å². The van der Waals surface area contributed by atoms with Crippen LogP contribution in [-0.4, -0.2) is 48.1 Å². The van der Waals surface area contributed by atoms with Gasteiger partial charge in [-0.25, -0.2) is 0 Å². The van der Waals surface area contributed by atoms with Gasteiger partial charge in [-0.05, 0) is 31.4 Å². The molecule has 1 fully saturated rings. The lowest BCUT2D eigenvalue weighted by molar-refractivity contribution is -0.132. The van der Waals surface area contributed by atoms with Crippen molar-refractivity contribution in [2.75, 3.05) is 31.1 Å². The van der Waals surface area contributed by atoms with Gasteiger partial charge in [0.15, 0.2) is 6.61 Å². The van der Waals surface area contributed by atoms with Crippen LogP contribution in [0.25, 0.3) is 0 Å². The molecule has 1 aromatic carbocycles. The van der Waals surface area contributed by atoms with Gasteiger partial charge in [-0.2, -0.15) is 0 Å². The molecule has 0 saturated carbocycles. The number of benzene rings is 1. The Morgan fingerprint density at radius 3 is 2.76 bits per heavy atom. The highest BCUT2D eigenvalue weighted by Crippen LogP contribution is 2.34. The van der Waals surface area contributed by atoms with Crippen LogP contribution >= 0.6 is 0 Å². The number of phenolic OH excluding ortho intramolecular Hbond substituents is 1. The molecule has 0 aliphatic carbocycles. The van der Waals surface area contributed by atoms with Crippen molar-refractivity contribution in [3.8, 4) is 11.5 Å². The van der Waals surface area contributed by atoms with Gasteiger partial charge in [-0.15, -0.1) is 0 Å². The quantitative estimate of drug-likeness (QED) is 0.886. The molecule has 0 unspecified atom stereocenters. The fraction of sp³-hybridized carbons (Fsp3) is 0.467. The second kappa shape index (κ2) is 5.63. The number of rotatable bonds is 2. The second-order valence-electron chi connectivity index (χ2n) is 5.36. The van der Waals surface area contributed by atoms with Gasteiger partial charge in [-0.1, -0.05) is 0 Å². The number of ether oxygens (including phenoxy) is 1. The second-order valence-corrected chi connectivity index (χ2v) is 5.36. The number of phenols is 1. The number of carbonyl (C=O) groups is 2. The number of likely N-dealkylation sites (tertiary alicyclic amines) is 1. The average molecular weight is 290 g/mol. The first-order valence-electron chi connectivity index (χ1n) is 7.19. The topological polar surface area (TPSA) is 70.1 Å². The molecule has 6 heteroatoms. The van der Waals surface area contributed by atoms with Crippen LogP contribution in [0.4, 0.5) is 5.69 Å². The zero-order valence-corrected chi connectivity index (χ0v) is 11.7. The molecule has 3 rings (SSSR count). The number of piperidine rings is 1. The molecule has 0 aromatic heterocycles. The average Bonchev–Trinajstić information content (AvgIpc) is 2.51. The van der Waals surface area contributed by atoms with Crippen molar-refractivity contribution in [3.05, 3.63) is 18.2 Å². The molecule has 2 heterocycles. The van der Waals surface area contributed by atoms with E-state index in [0.29, 0.717) is 11.4 Å². The SMILES string of the molecule is O=C(CN1C(=O)COc2ccc(O)cc21)N1CCCCC1. The number of anilines is 1. The summed E-state index contributed by atoms with van der Waals surface area (Å²) in [5.74, 6) is 0.235. The van der Waals surface area contributed by atoms with Crippen molar-refractivity contribution in [3.63, 3.8) is 0 Å². The third kappa shape index (κ3) is 2.79. The lowest BCUT2D eigenvalue weighted by atomic mass is 10.1. The first kappa shape index (κ1) is 13.7. The minimum Gasteiger partial charge on any atom is -0.508 e. The van der Waals surface area contributed by atoms with E-state index in [-0.39, 0.29) is 30.7 Å². The third-order valence-corrected chi connectivity index (χ3v) is 3.89. The fourth-order valence-electron chi connectivity index (χ4n) is 2.74. The van der Waals surface area contributed by atoms with Crippen molar-refractivity contribution in [1.82, 2.24) is 4.90 Å². The van der Waals surface area contributed by atoms with Crippen LogP contribution in [-0.2, 0) is 9.59 Å². The lowest BCUT2D eigenvalue weighted by Gasteiger charge is -2.32. The van der Waals surface area contributed by atoms with Gasteiger partial charge in [0.2, 0.25) is 5.91 Å². The zero-order chi connectivity index (χ0) is 14.8. The minimum atomic E-state index is -0.265. The lowest BCUT2D eigenvalue weighted by Crippen LogP contribution is -2.47. The first-order valence-corrected chi connectivity index (χ1v) is 7.19. The highest BCUT2D eigenvalue weighted by molar-refractivity contribution is 6.02. The molecule has 6 nitrogen and oxygen atoms in total. The van der Waals surface area contributed by atoms with Gasteiger partial charge >= 0.3 is 0 Å². The molecule has 1 saturated heterocycles. The molecular formula is C15H18N2O4. The normalized spacial score (nSPS) is 18.2. The highest BCUT2D eigenvalue weighted by Gasteiger charge is 2.29. The molecule has 112 valence electrons. The van der Waals surface area contributed by atoms with Crippen LogP contribution in [0.3, 0.4) is 0 Å². The zero-order valence-electron chi connectivity index (χ0n) is 11.7. The molecular weight excluding hydrogens is 272 g/mol. The van der Waals surface area contributed by atoms with Crippen LogP contribution in [0.1, 0.15) is 19.3 Å². The van der Waals surface area contributed by atoms with E-state index < -0.39 is 0 Å². The summed E-state index contributed by atoms with van der Waals surface area (Å²) < 4.78 is 5.32. The fourth-order valence-corrected chi connectivity index (χ4v) is 2.74. The predicted molar refractivity (Wildman–Crippen MR) is 76.4 cm³/mol. The Kier molecular flexibility index (Phi) is 3.68. The molecule has 1 N–H and O–H groups in total. The van der Waals surface area contributed by atoms with E-state index in [0.717, 1.165) is 32.4 Å². The standard InChI is InChI=1S/C15H18N2O4/c18-11-4-5-13-12(8-11)17(15(20)10-21-13)9-14(19)16-6-2-1-3-7-16/h4-5,8,18H,1-3,6-7,9-10H2. The summed E-state index contributed by atoms with van der Waals surface area (Å²) in [6, 6.07) is 4.56. The molecule has 2 aliphatic rings. The maximum atomic E-state index is 12.3. The van der Waals surface area contributed by atoms with Gasteiger partial charge in [0.1, 0.15) is 18.0 Å². The Hall–Kier alpha value is -2.24. The molecule has 21 heavy (non-hydrogen) atoms. The van der Waals surface area contributed by atoms with E-state index in [1.54, 1.807) is 11.0 Å². The molecule has 1 aromatic rings. The third-order valence-electron chi connectivity index (χ3n) is 3.89. The molecule has 0 atom stereocenters.